The van der Waals surface area contributed by atoms with Gasteiger partial charge in [0, 0.05) is 45.0 Å². The van der Waals surface area contributed by atoms with Crippen molar-refractivity contribution >= 4 is 10.0 Å². The van der Waals surface area contributed by atoms with Gasteiger partial charge < -0.3 is 4.74 Å². The zero-order valence-corrected chi connectivity index (χ0v) is 16.1. The van der Waals surface area contributed by atoms with Crippen molar-refractivity contribution in [2.75, 3.05) is 40.3 Å². The highest BCUT2D eigenvalue weighted by Crippen LogP contribution is 2.25. The summed E-state index contributed by atoms with van der Waals surface area (Å²) in [5, 5.41) is 7.12. The Hall–Kier alpha value is -1.90. The van der Waals surface area contributed by atoms with E-state index >= 15 is 0 Å². The van der Waals surface area contributed by atoms with Crippen molar-refractivity contribution in [3.05, 3.63) is 42.2 Å². The van der Waals surface area contributed by atoms with Gasteiger partial charge >= 0.3 is 0 Å². The zero-order valence-electron chi connectivity index (χ0n) is 15.3. The summed E-state index contributed by atoms with van der Waals surface area (Å²) < 4.78 is 31.1. The van der Waals surface area contributed by atoms with Gasteiger partial charge in [0.15, 0.2) is 0 Å². The molecule has 3 rings (SSSR count). The summed E-state index contributed by atoms with van der Waals surface area (Å²) in [4.78, 5) is 2.67. The van der Waals surface area contributed by atoms with Crippen LogP contribution in [0, 0.1) is 0 Å². The topological polar surface area (TPSA) is 78.5 Å². The molecule has 0 radical (unpaired) electrons. The molecule has 0 amide bonds. The Labute approximate surface area is 155 Å². The fourth-order valence-corrected chi connectivity index (χ4v) is 4.12. The monoisotopic (exact) mass is 378 g/mol. The average Bonchev–Trinajstić information content (AvgIpc) is 3.17. The molecule has 1 aliphatic heterocycles. The van der Waals surface area contributed by atoms with Crippen molar-refractivity contribution in [2.45, 2.75) is 23.7 Å². The highest BCUT2D eigenvalue weighted by Gasteiger charge is 2.22. The van der Waals surface area contributed by atoms with E-state index in [2.05, 4.69) is 15.1 Å². The van der Waals surface area contributed by atoms with Gasteiger partial charge in [0.05, 0.1) is 4.90 Å². The maximum absolute atomic E-state index is 12.1. The smallest absolute Gasteiger partial charge is 0.242 e. The van der Waals surface area contributed by atoms with Gasteiger partial charge in [0.2, 0.25) is 10.0 Å². The van der Waals surface area contributed by atoms with Crippen LogP contribution < -0.4 is 4.74 Å². The van der Waals surface area contributed by atoms with Crippen LogP contribution in [0.2, 0.25) is 0 Å². The number of benzene rings is 1. The van der Waals surface area contributed by atoms with E-state index in [0.29, 0.717) is 18.3 Å². The van der Waals surface area contributed by atoms with Crippen molar-refractivity contribution < 1.29 is 13.2 Å². The molecule has 1 atom stereocenters. The number of ether oxygens (including phenoxy) is 1. The molecule has 2 aromatic rings. The zero-order chi connectivity index (χ0) is 18.6. The molecule has 7 nitrogen and oxygen atoms in total. The summed E-state index contributed by atoms with van der Waals surface area (Å²) in [5.74, 6) is 1.19. The molecule has 0 spiro atoms. The van der Waals surface area contributed by atoms with Gasteiger partial charge in [0.1, 0.15) is 12.4 Å². The quantitative estimate of drug-likeness (QED) is 0.796. The number of hydrogen-bond donors (Lipinski definition) is 1. The Balaban J connectivity index is 1.49. The number of nitrogens with zero attached hydrogens (tertiary/aromatic N) is 3. The molecule has 1 N–H and O–H groups in total. The third-order valence-corrected chi connectivity index (χ3v) is 6.58. The van der Waals surface area contributed by atoms with Crippen LogP contribution in [-0.2, 0) is 10.0 Å². The lowest BCUT2D eigenvalue weighted by Crippen LogP contribution is -2.37. The molecule has 0 saturated carbocycles. The molecule has 26 heavy (non-hydrogen) atoms. The second-order valence-corrected chi connectivity index (χ2v) is 8.91. The molecule has 2 heterocycles. The van der Waals surface area contributed by atoms with Crippen LogP contribution in [0.1, 0.15) is 24.5 Å². The van der Waals surface area contributed by atoms with E-state index in [-0.39, 0.29) is 4.90 Å². The summed E-state index contributed by atoms with van der Waals surface area (Å²) in [7, 11) is -0.352. The number of sulfonamides is 1. The number of likely N-dealkylation sites (tertiary alicyclic amines) is 1. The fourth-order valence-electron chi connectivity index (χ4n) is 3.22. The lowest BCUT2D eigenvalue weighted by atomic mass is 9.95. The van der Waals surface area contributed by atoms with Crippen LogP contribution in [0.25, 0.3) is 0 Å². The van der Waals surface area contributed by atoms with Gasteiger partial charge in [-0.3, -0.25) is 10.00 Å². The van der Waals surface area contributed by atoms with E-state index in [0.717, 1.165) is 19.6 Å². The molecular formula is C18H26N4O3S. The lowest BCUT2D eigenvalue weighted by molar-refractivity contribution is 0.169. The van der Waals surface area contributed by atoms with E-state index in [1.54, 1.807) is 30.5 Å². The number of nitrogens with one attached hydrogen (secondary N) is 1. The first-order valence-corrected chi connectivity index (χ1v) is 10.3. The first kappa shape index (κ1) is 18.9. The van der Waals surface area contributed by atoms with E-state index in [9.17, 15) is 8.42 Å². The highest BCUT2D eigenvalue weighted by molar-refractivity contribution is 7.89. The van der Waals surface area contributed by atoms with Crippen molar-refractivity contribution in [3.8, 4) is 5.75 Å². The first-order valence-electron chi connectivity index (χ1n) is 8.84. The molecule has 8 heteroatoms. The maximum atomic E-state index is 12.1. The van der Waals surface area contributed by atoms with E-state index in [4.69, 9.17) is 4.74 Å². The summed E-state index contributed by atoms with van der Waals surface area (Å²) in [6.07, 6.45) is 4.15. The maximum Gasteiger partial charge on any atom is 0.242 e. The molecule has 0 bridgehead atoms. The minimum Gasteiger partial charge on any atom is -0.492 e. The highest BCUT2D eigenvalue weighted by atomic mass is 32.2. The molecular weight excluding hydrogens is 352 g/mol. The first-order chi connectivity index (χ1) is 12.5. The molecule has 1 aromatic heterocycles. The average molecular weight is 378 g/mol. The second-order valence-electron chi connectivity index (χ2n) is 6.76. The van der Waals surface area contributed by atoms with E-state index in [1.807, 2.05) is 6.07 Å². The Morgan fingerprint density at radius 1 is 1.27 bits per heavy atom. The van der Waals surface area contributed by atoms with Gasteiger partial charge in [-0.25, -0.2) is 12.7 Å². The van der Waals surface area contributed by atoms with E-state index in [1.165, 1.54) is 36.9 Å². The summed E-state index contributed by atoms with van der Waals surface area (Å²) >= 11 is 0. The molecule has 1 aliphatic rings. The number of piperidine rings is 1. The van der Waals surface area contributed by atoms with Gasteiger partial charge in [-0.15, -0.1) is 0 Å². The molecule has 1 aromatic carbocycles. The minimum absolute atomic E-state index is 0.272. The third-order valence-electron chi connectivity index (χ3n) is 4.75. The van der Waals surface area contributed by atoms with Crippen LogP contribution in [0.5, 0.6) is 5.75 Å². The third kappa shape index (κ3) is 4.44. The summed E-state index contributed by atoms with van der Waals surface area (Å²) in [6.45, 7) is 3.51. The van der Waals surface area contributed by atoms with Crippen LogP contribution in [0.15, 0.2) is 41.4 Å². The summed E-state index contributed by atoms with van der Waals surface area (Å²) in [5.41, 5.74) is 1.20. The van der Waals surface area contributed by atoms with Crippen molar-refractivity contribution in [2.24, 2.45) is 0 Å². The largest absolute Gasteiger partial charge is 0.492 e. The molecule has 142 valence electrons. The lowest BCUT2D eigenvalue weighted by Gasteiger charge is -2.32. The molecule has 0 aliphatic carbocycles. The minimum atomic E-state index is -3.40. The van der Waals surface area contributed by atoms with Crippen molar-refractivity contribution in [3.63, 3.8) is 0 Å². The van der Waals surface area contributed by atoms with Crippen LogP contribution >= 0.6 is 0 Å². The van der Waals surface area contributed by atoms with Crippen LogP contribution in [0.4, 0.5) is 0 Å². The van der Waals surface area contributed by atoms with Crippen LogP contribution in [0.3, 0.4) is 0 Å². The van der Waals surface area contributed by atoms with Gasteiger partial charge in [-0.2, -0.15) is 5.10 Å². The second kappa shape index (κ2) is 8.20. The van der Waals surface area contributed by atoms with Gasteiger partial charge in [0.25, 0.3) is 0 Å². The van der Waals surface area contributed by atoms with Crippen molar-refractivity contribution in [1.82, 2.24) is 19.4 Å². The normalized spacial score (nSPS) is 19.0. The van der Waals surface area contributed by atoms with Gasteiger partial charge in [-0.05, 0) is 49.7 Å². The summed E-state index contributed by atoms with van der Waals surface area (Å²) in [6, 6.07) is 8.63. The Bertz CT molecular complexity index is 788. The van der Waals surface area contributed by atoms with Gasteiger partial charge in [-0.1, -0.05) is 0 Å². The number of aromatic amines is 1. The number of hydrogen-bond acceptors (Lipinski definition) is 5. The predicted molar refractivity (Wildman–Crippen MR) is 99.8 cm³/mol. The standard InChI is InChI=1S/C18H26N4O3S/c1-21(2)26(23,24)17-7-5-16(6-8-17)25-13-12-22-11-3-4-15(14-22)18-9-10-19-20-18/h5-10,15H,3-4,11-14H2,1-2H3,(H,19,20). The Morgan fingerprint density at radius 3 is 2.69 bits per heavy atom. The molecule has 1 saturated heterocycles. The number of H-pyrrole nitrogens is 1. The van der Waals surface area contributed by atoms with Crippen molar-refractivity contribution in [1.29, 1.82) is 0 Å². The number of rotatable bonds is 7. The van der Waals surface area contributed by atoms with Crippen LogP contribution in [-0.4, -0.2) is 68.2 Å². The molecule has 1 fully saturated rings. The Morgan fingerprint density at radius 2 is 2.04 bits per heavy atom. The SMILES string of the molecule is CN(C)S(=O)(=O)c1ccc(OCCN2CCCC(c3ccn[nH]3)C2)cc1. The van der Waals surface area contributed by atoms with E-state index < -0.39 is 10.0 Å². The fraction of sp³-hybridized carbons (Fsp3) is 0.500. The number of aromatic nitrogens is 2. The predicted octanol–water partition coefficient (Wildman–Crippen LogP) is 1.92. The Kier molecular flexibility index (Phi) is 5.95. The molecule has 1 unspecified atom stereocenters.